The van der Waals surface area contributed by atoms with Crippen molar-refractivity contribution in [3.05, 3.63) is 28.8 Å². The number of hydrogen-bond donors (Lipinski definition) is 1. The number of methoxy groups -OCH3 is 1. The summed E-state index contributed by atoms with van der Waals surface area (Å²) >= 11 is 0. The first-order chi connectivity index (χ1) is 9.62. The van der Waals surface area contributed by atoms with Crippen molar-refractivity contribution in [1.29, 1.82) is 0 Å². The van der Waals surface area contributed by atoms with Crippen LogP contribution in [0.4, 0.5) is 0 Å². The first kappa shape index (κ1) is 15.3. The van der Waals surface area contributed by atoms with Gasteiger partial charge in [-0.25, -0.2) is 0 Å². The lowest BCUT2D eigenvalue weighted by Gasteiger charge is -2.29. The second-order valence-corrected chi connectivity index (χ2v) is 5.70. The molecule has 1 aliphatic carbocycles. The highest BCUT2D eigenvalue weighted by atomic mass is 16.5. The minimum atomic E-state index is 0.257. The Morgan fingerprint density at radius 3 is 2.45 bits per heavy atom. The molecule has 1 saturated carbocycles. The Labute approximate surface area is 122 Å². The van der Waals surface area contributed by atoms with Gasteiger partial charge in [-0.1, -0.05) is 6.07 Å². The van der Waals surface area contributed by atoms with Gasteiger partial charge in [-0.15, -0.1) is 0 Å². The van der Waals surface area contributed by atoms with Gasteiger partial charge in [-0.3, -0.25) is 0 Å². The Kier molecular flexibility index (Phi) is 5.06. The van der Waals surface area contributed by atoms with Crippen LogP contribution in [0, 0.1) is 19.8 Å². The Morgan fingerprint density at radius 2 is 1.95 bits per heavy atom. The van der Waals surface area contributed by atoms with E-state index in [1.807, 2.05) is 7.05 Å². The molecule has 1 aliphatic rings. The first-order valence-electron chi connectivity index (χ1n) is 7.56. The lowest BCUT2D eigenvalue weighted by atomic mass is 9.92. The highest BCUT2D eigenvalue weighted by Gasteiger charge is 2.37. The normalized spacial score (nSPS) is 17.9. The fourth-order valence-electron chi connectivity index (χ4n) is 2.99. The van der Waals surface area contributed by atoms with E-state index in [9.17, 15) is 0 Å². The number of hydrogen-bond acceptors (Lipinski definition) is 3. The van der Waals surface area contributed by atoms with Crippen LogP contribution >= 0.6 is 0 Å². The third-order valence-electron chi connectivity index (χ3n) is 4.20. The summed E-state index contributed by atoms with van der Waals surface area (Å²) in [4.78, 5) is 0. The van der Waals surface area contributed by atoms with Gasteiger partial charge in [0.2, 0.25) is 0 Å². The molecular formula is C17H27NO2. The molecule has 1 fully saturated rings. The van der Waals surface area contributed by atoms with E-state index in [2.05, 4.69) is 38.2 Å². The molecule has 2 unspecified atom stereocenters. The lowest BCUT2D eigenvalue weighted by Crippen LogP contribution is -2.34. The second-order valence-electron chi connectivity index (χ2n) is 5.70. The van der Waals surface area contributed by atoms with Crippen molar-refractivity contribution in [2.45, 2.75) is 45.8 Å². The van der Waals surface area contributed by atoms with Crippen LogP contribution in [0.1, 0.15) is 42.5 Å². The van der Waals surface area contributed by atoms with Gasteiger partial charge in [0.1, 0.15) is 5.75 Å². The van der Waals surface area contributed by atoms with Crippen LogP contribution < -0.4 is 10.1 Å². The predicted octanol–water partition coefficient (Wildman–Crippen LogP) is 3.39. The molecular weight excluding hydrogens is 250 g/mol. The van der Waals surface area contributed by atoms with Crippen LogP contribution in [-0.2, 0) is 4.74 Å². The Balaban J connectivity index is 2.32. The van der Waals surface area contributed by atoms with Gasteiger partial charge in [0, 0.05) is 6.61 Å². The average molecular weight is 277 g/mol. The van der Waals surface area contributed by atoms with E-state index in [1.165, 1.54) is 29.5 Å². The van der Waals surface area contributed by atoms with Crippen LogP contribution in [0.2, 0.25) is 0 Å². The Bertz CT molecular complexity index is 455. The average Bonchev–Trinajstić information content (AvgIpc) is 3.26. The van der Waals surface area contributed by atoms with Gasteiger partial charge in [-0.2, -0.15) is 0 Å². The first-order valence-corrected chi connectivity index (χ1v) is 7.56. The van der Waals surface area contributed by atoms with Crippen LogP contribution in [0.5, 0.6) is 5.75 Å². The molecule has 0 amide bonds. The predicted molar refractivity (Wildman–Crippen MR) is 82.4 cm³/mol. The molecule has 0 aromatic heterocycles. The summed E-state index contributed by atoms with van der Waals surface area (Å²) in [6, 6.07) is 4.63. The summed E-state index contributed by atoms with van der Waals surface area (Å²) in [5.41, 5.74) is 3.77. The van der Waals surface area contributed by atoms with Crippen molar-refractivity contribution in [3.8, 4) is 5.75 Å². The number of aryl methyl sites for hydroxylation is 2. The standard InChI is InChI=1S/C17H27NO2/c1-6-20-17(13-7-8-13)16(18-4)14-9-12(3)15(19-5)10-11(14)2/h9-10,13,16-18H,6-8H2,1-5H3. The lowest BCUT2D eigenvalue weighted by molar-refractivity contribution is 0.0203. The number of nitrogens with one attached hydrogen (secondary N) is 1. The number of ether oxygens (including phenoxy) is 2. The van der Waals surface area contributed by atoms with Crippen LogP contribution in [-0.4, -0.2) is 26.9 Å². The molecule has 1 aromatic rings. The maximum atomic E-state index is 6.03. The molecule has 0 saturated heterocycles. The number of likely N-dealkylation sites (N-methyl/N-ethyl adjacent to an activating group) is 1. The SMILES string of the molecule is CCOC(C1CC1)C(NC)c1cc(C)c(OC)cc1C. The van der Waals surface area contributed by atoms with Gasteiger partial charge in [0.25, 0.3) is 0 Å². The Hall–Kier alpha value is -1.06. The third-order valence-corrected chi connectivity index (χ3v) is 4.20. The zero-order valence-corrected chi connectivity index (χ0v) is 13.3. The molecule has 0 spiro atoms. The van der Waals surface area contributed by atoms with E-state index in [0.29, 0.717) is 5.92 Å². The van der Waals surface area contributed by atoms with Crippen molar-refractivity contribution < 1.29 is 9.47 Å². The minimum Gasteiger partial charge on any atom is -0.496 e. The van der Waals surface area contributed by atoms with Gasteiger partial charge >= 0.3 is 0 Å². The molecule has 2 atom stereocenters. The molecule has 0 bridgehead atoms. The van der Waals surface area contributed by atoms with E-state index in [-0.39, 0.29) is 12.1 Å². The summed E-state index contributed by atoms with van der Waals surface area (Å²) in [7, 11) is 3.75. The summed E-state index contributed by atoms with van der Waals surface area (Å²) in [6.45, 7) is 7.10. The second kappa shape index (κ2) is 6.59. The Morgan fingerprint density at radius 1 is 1.25 bits per heavy atom. The van der Waals surface area contributed by atoms with Gasteiger partial charge in [-0.05, 0) is 69.3 Å². The summed E-state index contributed by atoms with van der Waals surface area (Å²) < 4.78 is 11.4. The third kappa shape index (κ3) is 3.15. The van der Waals surface area contributed by atoms with E-state index in [4.69, 9.17) is 9.47 Å². The molecule has 3 nitrogen and oxygen atoms in total. The van der Waals surface area contributed by atoms with E-state index in [0.717, 1.165) is 12.4 Å². The summed E-state index contributed by atoms with van der Waals surface area (Å²) in [5, 5.41) is 3.46. The van der Waals surface area contributed by atoms with Crippen molar-refractivity contribution in [2.75, 3.05) is 20.8 Å². The highest BCUT2D eigenvalue weighted by Crippen LogP contribution is 2.41. The van der Waals surface area contributed by atoms with Crippen molar-refractivity contribution >= 4 is 0 Å². The van der Waals surface area contributed by atoms with Crippen molar-refractivity contribution in [3.63, 3.8) is 0 Å². The maximum Gasteiger partial charge on any atom is 0.122 e. The maximum absolute atomic E-state index is 6.03. The molecule has 0 radical (unpaired) electrons. The fraction of sp³-hybridized carbons (Fsp3) is 0.647. The quantitative estimate of drug-likeness (QED) is 0.828. The van der Waals surface area contributed by atoms with Gasteiger partial charge in [0.15, 0.2) is 0 Å². The monoisotopic (exact) mass is 277 g/mol. The molecule has 1 N–H and O–H groups in total. The van der Waals surface area contributed by atoms with Crippen LogP contribution in [0.25, 0.3) is 0 Å². The molecule has 2 rings (SSSR count). The fourth-order valence-corrected chi connectivity index (χ4v) is 2.99. The largest absolute Gasteiger partial charge is 0.496 e. The smallest absolute Gasteiger partial charge is 0.122 e. The van der Waals surface area contributed by atoms with Crippen LogP contribution in [0.15, 0.2) is 12.1 Å². The zero-order chi connectivity index (χ0) is 14.7. The zero-order valence-electron chi connectivity index (χ0n) is 13.3. The molecule has 1 aromatic carbocycles. The topological polar surface area (TPSA) is 30.5 Å². The molecule has 0 aliphatic heterocycles. The van der Waals surface area contributed by atoms with E-state index >= 15 is 0 Å². The molecule has 0 heterocycles. The molecule has 112 valence electrons. The summed E-state index contributed by atoms with van der Waals surface area (Å²) in [5.74, 6) is 1.66. The molecule has 20 heavy (non-hydrogen) atoms. The van der Waals surface area contributed by atoms with Crippen molar-refractivity contribution in [1.82, 2.24) is 5.32 Å². The molecule has 3 heteroatoms. The number of benzene rings is 1. The van der Waals surface area contributed by atoms with Gasteiger partial charge < -0.3 is 14.8 Å². The van der Waals surface area contributed by atoms with Crippen LogP contribution in [0.3, 0.4) is 0 Å². The summed E-state index contributed by atoms with van der Waals surface area (Å²) in [6.07, 6.45) is 2.85. The van der Waals surface area contributed by atoms with E-state index in [1.54, 1.807) is 7.11 Å². The highest BCUT2D eigenvalue weighted by molar-refractivity contribution is 5.43. The van der Waals surface area contributed by atoms with Crippen molar-refractivity contribution in [2.24, 2.45) is 5.92 Å². The minimum absolute atomic E-state index is 0.257. The van der Waals surface area contributed by atoms with Gasteiger partial charge in [0.05, 0.1) is 19.3 Å². The number of rotatable bonds is 7. The van der Waals surface area contributed by atoms with E-state index < -0.39 is 0 Å².